The lowest BCUT2D eigenvalue weighted by Gasteiger charge is -2.22. The first-order valence-corrected chi connectivity index (χ1v) is 7.69. The van der Waals surface area contributed by atoms with Crippen molar-refractivity contribution in [3.63, 3.8) is 0 Å². The second-order valence-electron chi connectivity index (χ2n) is 5.63. The number of likely N-dealkylation sites (tertiary alicyclic amines) is 1. The minimum atomic E-state index is -0.419. The fraction of sp³-hybridized carbons (Fsp3) is 0.353. The Morgan fingerprint density at radius 3 is 3.08 bits per heavy atom. The van der Waals surface area contributed by atoms with Gasteiger partial charge >= 0.3 is 0 Å². The number of hydrogen-bond donors (Lipinski definition) is 0. The molecule has 1 fully saturated rings. The molecule has 0 spiro atoms. The van der Waals surface area contributed by atoms with Crippen LogP contribution in [0.4, 0.5) is 5.82 Å². The molecule has 1 amide bonds. The number of methoxy groups -OCH3 is 1. The van der Waals surface area contributed by atoms with Crippen LogP contribution in [-0.4, -0.2) is 42.7 Å². The van der Waals surface area contributed by atoms with Crippen molar-refractivity contribution in [1.82, 2.24) is 10.1 Å². The smallest absolute Gasteiger partial charge is 0.251 e. The summed E-state index contributed by atoms with van der Waals surface area (Å²) >= 11 is 0. The molecule has 1 saturated heterocycles. The normalized spacial score (nSPS) is 16.7. The summed E-state index contributed by atoms with van der Waals surface area (Å²) in [6.07, 6.45) is 3.59. The van der Waals surface area contributed by atoms with Crippen LogP contribution in [0.2, 0.25) is 0 Å². The van der Waals surface area contributed by atoms with Gasteiger partial charge in [0, 0.05) is 25.2 Å². The predicted octanol–water partition coefficient (Wildman–Crippen LogP) is 2.26. The van der Waals surface area contributed by atoms with Crippen LogP contribution in [0.25, 0.3) is 11.3 Å². The fourth-order valence-corrected chi connectivity index (χ4v) is 2.82. The van der Waals surface area contributed by atoms with Crippen molar-refractivity contribution in [2.45, 2.75) is 18.9 Å². The molecule has 1 aliphatic rings. The third kappa shape index (κ3) is 2.91. The number of benzene rings is 1. The maximum atomic E-state index is 12.6. The number of anilines is 1. The minimum Gasteiger partial charge on any atom is -0.497 e. The minimum absolute atomic E-state index is 0.153. The lowest BCUT2D eigenvalue weighted by molar-refractivity contribution is -0.121. The number of rotatable bonds is 4. The van der Waals surface area contributed by atoms with Gasteiger partial charge < -0.3 is 9.26 Å². The van der Waals surface area contributed by atoms with E-state index in [4.69, 9.17) is 14.5 Å². The van der Waals surface area contributed by atoms with E-state index in [1.54, 1.807) is 20.2 Å². The number of amides is 1. The van der Waals surface area contributed by atoms with Gasteiger partial charge in [-0.1, -0.05) is 17.3 Å². The molecule has 1 aliphatic heterocycles. The van der Waals surface area contributed by atoms with Gasteiger partial charge in [0.1, 0.15) is 11.8 Å². The number of carbonyl (C=O) groups excluding carboxylic acids is 1. The van der Waals surface area contributed by atoms with Gasteiger partial charge in [0.25, 0.3) is 5.91 Å². The topological polar surface area (TPSA) is 82.6 Å². The van der Waals surface area contributed by atoms with Crippen LogP contribution < -0.4 is 9.64 Å². The molecule has 7 heteroatoms. The number of likely N-dealkylation sites (N-methyl/N-ethyl adjacent to an activating group) is 1. The summed E-state index contributed by atoms with van der Waals surface area (Å²) < 4.78 is 10.6. The van der Waals surface area contributed by atoms with E-state index in [2.05, 4.69) is 11.3 Å². The van der Waals surface area contributed by atoms with Crippen LogP contribution in [0.5, 0.6) is 5.75 Å². The molecule has 1 unspecified atom stereocenters. The average Bonchev–Trinajstić information content (AvgIpc) is 3.29. The SMILES string of the molecule is COc1cccc(-c2cc(N(C)C(=O)C3CCCN3C#N)no2)c1. The molecule has 1 aromatic heterocycles. The largest absolute Gasteiger partial charge is 0.497 e. The van der Waals surface area contributed by atoms with Crippen LogP contribution in [0.1, 0.15) is 12.8 Å². The molecule has 7 nitrogen and oxygen atoms in total. The first-order valence-electron chi connectivity index (χ1n) is 7.69. The summed E-state index contributed by atoms with van der Waals surface area (Å²) in [7, 11) is 3.24. The molecule has 2 heterocycles. The highest BCUT2D eigenvalue weighted by Gasteiger charge is 2.33. The van der Waals surface area contributed by atoms with Crippen LogP contribution in [-0.2, 0) is 4.79 Å². The van der Waals surface area contributed by atoms with Gasteiger partial charge in [-0.05, 0) is 25.0 Å². The standard InChI is InChI=1S/C17H18N4O3/c1-20(17(22)14-7-4-8-21(14)11-18)16-10-15(24-19-16)12-5-3-6-13(9-12)23-2/h3,5-6,9-10,14H,4,7-8H2,1-2H3. The van der Waals surface area contributed by atoms with E-state index in [1.807, 2.05) is 24.3 Å². The Balaban J connectivity index is 1.79. The van der Waals surface area contributed by atoms with Crippen molar-refractivity contribution < 1.29 is 14.1 Å². The van der Waals surface area contributed by atoms with E-state index < -0.39 is 6.04 Å². The van der Waals surface area contributed by atoms with Crippen LogP contribution >= 0.6 is 0 Å². The Morgan fingerprint density at radius 2 is 2.33 bits per heavy atom. The van der Waals surface area contributed by atoms with Crippen molar-refractivity contribution in [1.29, 1.82) is 5.26 Å². The van der Waals surface area contributed by atoms with E-state index in [0.29, 0.717) is 30.3 Å². The number of nitrogens with zero attached hydrogens (tertiary/aromatic N) is 4. The third-order valence-corrected chi connectivity index (χ3v) is 4.19. The van der Waals surface area contributed by atoms with Gasteiger partial charge in [0.2, 0.25) is 0 Å². The van der Waals surface area contributed by atoms with Gasteiger partial charge in [-0.2, -0.15) is 5.26 Å². The molecule has 3 rings (SSSR count). The van der Waals surface area contributed by atoms with E-state index in [9.17, 15) is 4.79 Å². The quantitative estimate of drug-likeness (QED) is 0.802. The molecule has 1 aromatic carbocycles. The number of ether oxygens (including phenoxy) is 1. The summed E-state index contributed by atoms with van der Waals surface area (Å²) in [5.41, 5.74) is 0.813. The molecule has 0 aliphatic carbocycles. The van der Waals surface area contributed by atoms with Gasteiger partial charge in [-0.15, -0.1) is 0 Å². The molecular formula is C17H18N4O3. The van der Waals surface area contributed by atoms with Crippen molar-refractivity contribution in [2.24, 2.45) is 0 Å². The van der Waals surface area contributed by atoms with Crippen molar-refractivity contribution >= 4 is 11.7 Å². The molecular weight excluding hydrogens is 308 g/mol. The van der Waals surface area contributed by atoms with Gasteiger partial charge in [-0.25, -0.2) is 0 Å². The zero-order valence-corrected chi connectivity index (χ0v) is 13.6. The molecule has 0 bridgehead atoms. The number of carbonyl (C=O) groups is 1. The lowest BCUT2D eigenvalue weighted by Crippen LogP contribution is -2.42. The van der Waals surface area contributed by atoms with Crippen molar-refractivity contribution in [3.05, 3.63) is 30.3 Å². The molecule has 24 heavy (non-hydrogen) atoms. The van der Waals surface area contributed by atoms with Crippen molar-refractivity contribution in [3.8, 4) is 23.3 Å². The monoisotopic (exact) mass is 326 g/mol. The highest BCUT2D eigenvalue weighted by atomic mass is 16.5. The first kappa shape index (κ1) is 15.9. The Labute approximate surface area is 140 Å². The summed E-state index contributed by atoms with van der Waals surface area (Å²) in [4.78, 5) is 15.5. The van der Waals surface area contributed by atoms with Gasteiger partial charge in [0.15, 0.2) is 17.8 Å². The molecule has 124 valence electrons. The summed E-state index contributed by atoms with van der Waals surface area (Å²) in [5, 5.41) is 13.1. The van der Waals surface area contributed by atoms with E-state index in [-0.39, 0.29) is 5.91 Å². The van der Waals surface area contributed by atoms with Crippen LogP contribution in [0.3, 0.4) is 0 Å². The number of nitriles is 1. The Hall–Kier alpha value is -3.01. The lowest BCUT2D eigenvalue weighted by atomic mass is 10.1. The third-order valence-electron chi connectivity index (χ3n) is 4.19. The summed E-state index contributed by atoms with van der Waals surface area (Å²) in [6.45, 7) is 0.620. The van der Waals surface area contributed by atoms with Gasteiger partial charge in [-0.3, -0.25) is 14.6 Å². The maximum Gasteiger partial charge on any atom is 0.251 e. The summed E-state index contributed by atoms with van der Waals surface area (Å²) in [6, 6.07) is 8.70. The highest BCUT2D eigenvalue weighted by Crippen LogP contribution is 2.28. The second-order valence-corrected chi connectivity index (χ2v) is 5.63. The van der Waals surface area contributed by atoms with Gasteiger partial charge in [0.05, 0.1) is 7.11 Å². The number of hydrogen-bond acceptors (Lipinski definition) is 6. The summed E-state index contributed by atoms with van der Waals surface area (Å²) in [5.74, 6) is 1.53. The van der Waals surface area contributed by atoms with Crippen LogP contribution in [0, 0.1) is 11.5 Å². The van der Waals surface area contributed by atoms with Crippen LogP contribution in [0.15, 0.2) is 34.9 Å². The zero-order valence-electron chi connectivity index (χ0n) is 13.6. The number of aromatic nitrogens is 1. The Kier molecular flexibility index (Phi) is 4.38. The molecule has 2 aromatic rings. The van der Waals surface area contributed by atoms with Crippen molar-refractivity contribution in [2.75, 3.05) is 25.6 Å². The maximum absolute atomic E-state index is 12.6. The predicted molar refractivity (Wildman–Crippen MR) is 87.2 cm³/mol. The van der Waals surface area contributed by atoms with E-state index in [0.717, 1.165) is 12.0 Å². The Bertz CT molecular complexity index is 780. The molecule has 0 saturated carbocycles. The fourth-order valence-electron chi connectivity index (χ4n) is 2.82. The molecule has 1 atom stereocenters. The van der Waals surface area contributed by atoms with E-state index in [1.165, 1.54) is 9.80 Å². The molecule has 0 radical (unpaired) electrons. The molecule has 0 N–H and O–H groups in total. The van der Waals surface area contributed by atoms with E-state index >= 15 is 0 Å². The zero-order chi connectivity index (χ0) is 17.1. The Morgan fingerprint density at radius 1 is 1.50 bits per heavy atom. The second kappa shape index (κ2) is 6.62. The highest BCUT2D eigenvalue weighted by molar-refractivity contribution is 5.96. The average molecular weight is 326 g/mol. The first-order chi connectivity index (χ1) is 11.6.